The molecule has 4 rings (SSSR count). The number of imidazole rings is 1. The summed E-state index contributed by atoms with van der Waals surface area (Å²) in [4.78, 5) is 17.4. The number of carbonyl (C=O) groups is 1. The Morgan fingerprint density at radius 3 is 2.50 bits per heavy atom. The van der Waals surface area contributed by atoms with Crippen molar-refractivity contribution in [3.63, 3.8) is 0 Å². The molecule has 7 heteroatoms. The van der Waals surface area contributed by atoms with Gasteiger partial charge in [-0.1, -0.05) is 0 Å². The van der Waals surface area contributed by atoms with E-state index in [1.165, 1.54) is 16.8 Å². The quantitative estimate of drug-likeness (QED) is 0.800. The fourth-order valence-electron chi connectivity index (χ4n) is 4.35. The first-order valence-corrected chi connectivity index (χ1v) is 8.11. The minimum Gasteiger partial charge on any atom is -0.342 e. The van der Waals surface area contributed by atoms with Crippen molar-refractivity contribution in [2.24, 2.45) is 11.8 Å². The molecule has 0 aromatic carbocycles. The number of halogens is 3. The Labute approximate surface area is 137 Å². The number of likely N-dealkylation sites (tertiary alicyclic amines) is 1. The summed E-state index contributed by atoms with van der Waals surface area (Å²) in [5, 5.41) is 0. The van der Waals surface area contributed by atoms with Gasteiger partial charge in [-0.2, -0.15) is 13.2 Å². The standard InChI is InChI=1S/C17H18F3N3O/c1-10(24)22-6-12-2-11(3-13(12)7-22)15-4-14(17(18,19)20)8-23-9-21-5-16(15)23/h4-5,8-9,11-13H,2-3,6-7H2,1H3/t11?,12-,13?/m1/s1. The predicted molar refractivity (Wildman–Crippen MR) is 81.4 cm³/mol. The highest BCUT2D eigenvalue weighted by atomic mass is 19.4. The Morgan fingerprint density at radius 1 is 1.25 bits per heavy atom. The topological polar surface area (TPSA) is 37.6 Å². The fourth-order valence-corrected chi connectivity index (χ4v) is 4.35. The first-order chi connectivity index (χ1) is 11.3. The number of carbonyl (C=O) groups excluding carboxylic acids is 1. The predicted octanol–water partition coefficient (Wildman–Crippen LogP) is 3.33. The van der Waals surface area contributed by atoms with Gasteiger partial charge in [0.2, 0.25) is 5.91 Å². The molecule has 1 aliphatic carbocycles. The maximum absolute atomic E-state index is 13.2. The van der Waals surface area contributed by atoms with E-state index in [4.69, 9.17) is 0 Å². The number of hydrogen-bond donors (Lipinski definition) is 0. The van der Waals surface area contributed by atoms with Gasteiger partial charge in [0.1, 0.15) is 0 Å². The molecule has 1 amide bonds. The molecular formula is C17H18F3N3O. The molecule has 3 heterocycles. The number of aromatic nitrogens is 2. The number of alkyl halides is 3. The van der Waals surface area contributed by atoms with E-state index < -0.39 is 11.7 Å². The van der Waals surface area contributed by atoms with Crippen LogP contribution >= 0.6 is 0 Å². The van der Waals surface area contributed by atoms with Crippen LogP contribution in [0.5, 0.6) is 0 Å². The molecule has 128 valence electrons. The Kier molecular flexibility index (Phi) is 3.37. The van der Waals surface area contributed by atoms with Crippen LogP contribution in [0, 0.1) is 11.8 Å². The Morgan fingerprint density at radius 2 is 1.92 bits per heavy atom. The highest BCUT2D eigenvalue weighted by Crippen LogP contribution is 2.47. The summed E-state index contributed by atoms with van der Waals surface area (Å²) in [6, 6.07) is 1.28. The van der Waals surface area contributed by atoms with Crippen LogP contribution in [0.15, 0.2) is 24.8 Å². The molecule has 2 aliphatic rings. The number of hydrogen-bond acceptors (Lipinski definition) is 2. The van der Waals surface area contributed by atoms with Crippen molar-refractivity contribution < 1.29 is 18.0 Å². The third kappa shape index (κ3) is 2.46. The highest BCUT2D eigenvalue weighted by Gasteiger charge is 2.43. The average molecular weight is 337 g/mol. The maximum atomic E-state index is 13.2. The molecule has 0 N–H and O–H groups in total. The fraction of sp³-hybridized carbons (Fsp3) is 0.529. The lowest BCUT2D eigenvalue weighted by Gasteiger charge is -2.19. The van der Waals surface area contributed by atoms with Crippen LogP contribution in [-0.2, 0) is 11.0 Å². The lowest BCUT2D eigenvalue weighted by atomic mass is 9.94. The lowest BCUT2D eigenvalue weighted by molar-refractivity contribution is -0.138. The Balaban J connectivity index is 1.66. The smallest absolute Gasteiger partial charge is 0.342 e. The van der Waals surface area contributed by atoms with Gasteiger partial charge >= 0.3 is 6.18 Å². The minimum absolute atomic E-state index is 0.0817. The van der Waals surface area contributed by atoms with Gasteiger partial charge in [0, 0.05) is 26.2 Å². The summed E-state index contributed by atoms with van der Waals surface area (Å²) < 4.78 is 41.0. The number of fused-ring (bicyclic) bond motifs is 2. The summed E-state index contributed by atoms with van der Waals surface area (Å²) in [5.41, 5.74) is 0.841. The van der Waals surface area contributed by atoms with Gasteiger partial charge in [-0.3, -0.25) is 4.79 Å². The molecule has 24 heavy (non-hydrogen) atoms. The molecule has 0 radical (unpaired) electrons. The third-order valence-corrected chi connectivity index (χ3v) is 5.51. The van der Waals surface area contributed by atoms with Crippen molar-refractivity contribution in [3.8, 4) is 0 Å². The van der Waals surface area contributed by atoms with Crippen molar-refractivity contribution in [2.45, 2.75) is 31.9 Å². The van der Waals surface area contributed by atoms with Crippen LogP contribution in [0.25, 0.3) is 5.52 Å². The molecule has 1 aliphatic heterocycles. The SMILES string of the molecule is CC(=O)N1CC2CC(c3cc(C(F)(F)F)cn4cncc34)C[C@@H]2C1. The lowest BCUT2D eigenvalue weighted by Crippen LogP contribution is -2.27. The summed E-state index contributed by atoms with van der Waals surface area (Å²) in [7, 11) is 0. The van der Waals surface area contributed by atoms with Gasteiger partial charge in [0.15, 0.2) is 0 Å². The summed E-state index contributed by atoms with van der Waals surface area (Å²) in [5.74, 6) is 0.946. The van der Waals surface area contributed by atoms with Crippen LogP contribution in [0.4, 0.5) is 13.2 Å². The minimum atomic E-state index is -4.37. The second-order valence-corrected chi connectivity index (χ2v) is 6.98. The molecule has 2 aromatic rings. The second kappa shape index (κ2) is 5.22. The van der Waals surface area contributed by atoms with Crippen molar-refractivity contribution in [1.82, 2.24) is 14.3 Å². The van der Waals surface area contributed by atoms with E-state index in [-0.39, 0.29) is 11.8 Å². The zero-order valence-electron chi connectivity index (χ0n) is 13.3. The van der Waals surface area contributed by atoms with Crippen LogP contribution in [0.1, 0.15) is 36.8 Å². The highest BCUT2D eigenvalue weighted by molar-refractivity contribution is 5.73. The molecule has 0 bridgehead atoms. The van der Waals surface area contributed by atoms with E-state index in [9.17, 15) is 18.0 Å². The van der Waals surface area contributed by atoms with Crippen molar-refractivity contribution >= 4 is 11.4 Å². The molecule has 1 saturated carbocycles. The van der Waals surface area contributed by atoms with Gasteiger partial charge in [-0.25, -0.2) is 4.98 Å². The average Bonchev–Trinajstić information content (AvgIpc) is 3.18. The zero-order valence-corrected chi connectivity index (χ0v) is 13.3. The van der Waals surface area contributed by atoms with Crippen molar-refractivity contribution in [3.05, 3.63) is 35.9 Å². The van der Waals surface area contributed by atoms with Crippen molar-refractivity contribution in [2.75, 3.05) is 13.1 Å². The van der Waals surface area contributed by atoms with Crippen LogP contribution in [0.2, 0.25) is 0 Å². The van der Waals surface area contributed by atoms with Crippen LogP contribution in [-0.4, -0.2) is 33.3 Å². The summed E-state index contributed by atoms with van der Waals surface area (Å²) in [6.07, 6.45) is 1.44. The molecule has 3 atom stereocenters. The zero-order chi connectivity index (χ0) is 17.1. The van der Waals surface area contributed by atoms with E-state index in [0.29, 0.717) is 11.8 Å². The Hall–Kier alpha value is -2.05. The van der Waals surface area contributed by atoms with Gasteiger partial charge < -0.3 is 9.30 Å². The normalized spacial score (nSPS) is 27.0. The monoisotopic (exact) mass is 337 g/mol. The molecule has 4 nitrogen and oxygen atoms in total. The van der Waals surface area contributed by atoms with E-state index in [0.717, 1.165) is 43.2 Å². The van der Waals surface area contributed by atoms with Gasteiger partial charge in [-0.15, -0.1) is 0 Å². The molecule has 2 aromatic heterocycles. The van der Waals surface area contributed by atoms with Gasteiger partial charge in [0.05, 0.1) is 23.6 Å². The summed E-state index contributed by atoms with van der Waals surface area (Å²) >= 11 is 0. The Bertz CT molecular complexity index is 784. The van der Waals surface area contributed by atoms with E-state index in [1.807, 2.05) is 4.90 Å². The third-order valence-electron chi connectivity index (χ3n) is 5.51. The first-order valence-electron chi connectivity index (χ1n) is 8.11. The van der Waals surface area contributed by atoms with Crippen LogP contribution in [0.3, 0.4) is 0 Å². The van der Waals surface area contributed by atoms with Crippen LogP contribution < -0.4 is 0 Å². The molecule has 2 unspecified atom stereocenters. The van der Waals surface area contributed by atoms with E-state index in [2.05, 4.69) is 4.98 Å². The number of pyridine rings is 1. The van der Waals surface area contributed by atoms with Gasteiger partial charge in [-0.05, 0) is 42.2 Å². The number of rotatable bonds is 1. The number of nitrogens with zero attached hydrogens (tertiary/aromatic N) is 3. The molecule has 0 spiro atoms. The number of amides is 1. The summed E-state index contributed by atoms with van der Waals surface area (Å²) in [6.45, 7) is 3.02. The van der Waals surface area contributed by atoms with E-state index >= 15 is 0 Å². The molecule has 2 fully saturated rings. The largest absolute Gasteiger partial charge is 0.417 e. The molecule has 1 saturated heterocycles. The first kappa shape index (κ1) is 15.5. The van der Waals surface area contributed by atoms with Crippen molar-refractivity contribution in [1.29, 1.82) is 0 Å². The van der Waals surface area contributed by atoms with E-state index in [1.54, 1.807) is 13.1 Å². The van der Waals surface area contributed by atoms with Gasteiger partial charge in [0.25, 0.3) is 0 Å². The second-order valence-electron chi connectivity index (χ2n) is 6.98. The maximum Gasteiger partial charge on any atom is 0.417 e. The molecular weight excluding hydrogens is 319 g/mol.